The highest BCUT2D eigenvalue weighted by Crippen LogP contribution is 2.27. The SMILES string of the molecule is CCn1cc(-c2cc(-c3cnc4[nH]ccc4c3)ccn2)n(-c2ccc(C(C)(C)N)cc2)c1=O. The van der Waals surface area contributed by atoms with Gasteiger partial charge in [-0.1, -0.05) is 12.1 Å². The number of rotatable bonds is 5. The molecule has 0 unspecified atom stereocenters. The van der Waals surface area contributed by atoms with Crippen molar-refractivity contribution in [3.8, 4) is 28.2 Å². The smallest absolute Gasteiger partial charge is 0.333 e. The lowest BCUT2D eigenvalue weighted by Gasteiger charge is -2.19. The minimum absolute atomic E-state index is 0.102. The van der Waals surface area contributed by atoms with Crippen LogP contribution in [0.25, 0.3) is 39.2 Å². The molecule has 0 amide bonds. The molecule has 0 saturated carbocycles. The van der Waals surface area contributed by atoms with Crippen molar-refractivity contribution < 1.29 is 0 Å². The van der Waals surface area contributed by atoms with Crippen molar-refractivity contribution in [2.24, 2.45) is 5.73 Å². The van der Waals surface area contributed by atoms with Gasteiger partial charge in [0.2, 0.25) is 0 Å². The maximum Gasteiger partial charge on any atom is 0.333 e. The van der Waals surface area contributed by atoms with Crippen molar-refractivity contribution in [2.75, 3.05) is 0 Å². The molecule has 0 radical (unpaired) electrons. The average Bonchev–Trinajstić information content (AvgIpc) is 3.42. The number of aryl methyl sites for hydroxylation is 1. The molecule has 166 valence electrons. The van der Waals surface area contributed by atoms with E-state index in [1.807, 2.05) is 81.8 Å². The predicted octanol–water partition coefficient (Wildman–Crippen LogP) is 4.46. The summed E-state index contributed by atoms with van der Waals surface area (Å²) in [5, 5.41) is 1.04. The van der Waals surface area contributed by atoms with Crippen LogP contribution in [0.5, 0.6) is 0 Å². The molecule has 7 nitrogen and oxygen atoms in total. The first-order valence-electron chi connectivity index (χ1n) is 11.0. The van der Waals surface area contributed by atoms with Gasteiger partial charge in [-0.25, -0.2) is 9.78 Å². The standard InChI is InChI=1S/C26H26N6O/c1-4-31-16-23(32(25(31)33)21-7-5-20(6-8-21)26(2,3)27)22-14-17(9-11-28-22)19-13-18-10-12-29-24(18)30-15-19/h5-16H,4,27H2,1-3H3,(H,29,30). The van der Waals surface area contributed by atoms with Crippen molar-refractivity contribution >= 4 is 11.0 Å². The summed E-state index contributed by atoms with van der Waals surface area (Å²) in [5.74, 6) is 0. The van der Waals surface area contributed by atoms with Crippen LogP contribution in [0.3, 0.4) is 0 Å². The first-order chi connectivity index (χ1) is 15.8. The van der Waals surface area contributed by atoms with Crippen molar-refractivity contribution in [1.82, 2.24) is 24.1 Å². The van der Waals surface area contributed by atoms with E-state index < -0.39 is 5.54 Å². The number of aromatic nitrogens is 5. The highest BCUT2D eigenvalue weighted by molar-refractivity contribution is 5.82. The average molecular weight is 439 g/mol. The maximum absolute atomic E-state index is 13.2. The van der Waals surface area contributed by atoms with Crippen LogP contribution in [0.4, 0.5) is 0 Å². The minimum atomic E-state index is -0.452. The third-order valence-corrected chi connectivity index (χ3v) is 5.92. The van der Waals surface area contributed by atoms with E-state index in [-0.39, 0.29) is 5.69 Å². The van der Waals surface area contributed by atoms with Crippen LogP contribution in [-0.4, -0.2) is 24.1 Å². The molecule has 4 aromatic heterocycles. The Morgan fingerprint density at radius 3 is 2.55 bits per heavy atom. The van der Waals surface area contributed by atoms with E-state index in [0.717, 1.165) is 39.1 Å². The molecule has 7 heteroatoms. The molecule has 5 rings (SSSR count). The van der Waals surface area contributed by atoms with Gasteiger partial charge in [0.25, 0.3) is 0 Å². The third-order valence-electron chi connectivity index (χ3n) is 5.92. The van der Waals surface area contributed by atoms with Gasteiger partial charge in [0.05, 0.1) is 17.1 Å². The van der Waals surface area contributed by atoms with Crippen LogP contribution < -0.4 is 11.4 Å². The summed E-state index contributed by atoms with van der Waals surface area (Å²) >= 11 is 0. The molecule has 0 spiro atoms. The second kappa shape index (κ2) is 7.86. The molecular formula is C26H26N6O. The molecule has 0 aliphatic heterocycles. The second-order valence-corrected chi connectivity index (χ2v) is 8.76. The molecule has 1 aromatic carbocycles. The summed E-state index contributed by atoms with van der Waals surface area (Å²) in [6.45, 7) is 6.45. The Balaban J connectivity index is 1.63. The van der Waals surface area contributed by atoms with Crippen LogP contribution in [0.15, 0.2) is 78.1 Å². The number of aromatic amines is 1. The van der Waals surface area contributed by atoms with Gasteiger partial charge in [0.1, 0.15) is 5.65 Å². The van der Waals surface area contributed by atoms with Crippen LogP contribution in [-0.2, 0) is 12.1 Å². The van der Waals surface area contributed by atoms with E-state index in [1.54, 1.807) is 15.3 Å². The number of pyridine rings is 2. The number of nitrogens with two attached hydrogens (primary N) is 1. The van der Waals surface area contributed by atoms with Crippen molar-refractivity contribution in [1.29, 1.82) is 0 Å². The Hall–Kier alpha value is -3.97. The fourth-order valence-electron chi connectivity index (χ4n) is 4.04. The van der Waals surface area contributed by atoms with Gasteiger partial charge in [-0.3, -0.25) is 14.1 Å². The van der Waals surface area contributed by atoms with Gasteiger partial charge >= 0.3 is 5.69 Å². The van der Waals surface area contributed by atoms with Crippen molar-refractivity contribution in [3.63, 3.8) is 0 Å². The monoisotopic (exact) mass is 438 g/mol. The van der Waals surface area contributed by atoms with Crippen LogP contribution in [0.2, 0.25) is 0 Å². The topological polar surface area (TPSA) is 94.5 Å². The quantitative estimate of drug-likeness (QED) is 0.424. The van der Waals surface area contributed by atoms with E-state index in [0.29, 0.717) is 12.2 Å². The molecule has 0 atom stereocenters. The summed E-state index contributed by atoms with van der Waals surface area (Å²) in [6, 6.07) is 15.8. The minimum Gasteiger partial charge on any atom is -0.346 e. The Bertz CT molecular complexity index is 1500. The van der Waals surface area contributed by atoms with Gasteiger partial charge in [0, 0.05) is 47.8 Å². The molecule has 0 aliphatic carbocycles. The van der Waals surface area contributed by atoms with Gasteiger partial charge in [-0.15, -0.1) is 0 Å². The number of hydrogen-bond acceptors (Lipinski definition) is 4. The Morgan fingerprint density at radius 1 is 1.03 bits per heavy atom. The number of imidazole rings is 1. The zero-order valence-electron chi connectivity index (χ0n) is 18.9. The maximum atomic E-state index is 13.2. The highest BCUT2D eigenvalue weighted by atomic mass is 16.1. The van der Waals surface area contributed by atoms with Crippen LogP contribution in [0.1, 0.15) is 26.3 Å². The fourth-order valence-corrected chi connectivity index (χ4v) is 4.04. The Labute approximate surface area is 191 Å². The number of nitrogens with zero attached hydrogens (tertiary/aromatic N) is 4. The van der Waals surface area contributed by atoms with Gasteiger partial charge in [0.15, 0.2) is 0 Å². The van der Waals surface area contributed by atoms with Crippen molar-refractivity contribution in [3.05, 3.63) is 89.4 Å². The summed E-state index contributed by atoms with van der Waals surface area (Å²) < 4.78 is 3.40. The fraction of sp³-hybridized carbons (Fsp3) is 0.192. The van der Waals surface area contributed by atoms with Crippen molar-refractivity contribution in [2.45, 2.75) is 32.9 Å². The number of nitrogens with one attached hydrogen (secondary N) is 1. The lowest BCUT2D eigenvalue weighted by Crippen LogP contribution is -2.28. The predicted molar refractivity (Wildman–Crippen MR) is 131 cm³/mol. The largest absolute Gasteiger partial charge is 0.346 e. The van der Waals surface area contributed by atoms with Gasteiger partial charge < -0.3 is 10.7 Å². The van der Waals surface area contributed by atoms with Crippen LogP contribution >= 0.6 is 0 Å². The van der Waals surface area contributed by atoms with E-state index in [4.69, 9.17) is 5.73 Å². The number of H-pyrrole nitrogens is 1. The summed E-state index contributed by atoms with van der Waals surface area (Å²) in [6.07, 6.45) is 7.35. The van der Waals surface area contributed by atoms with E-state index in [2.05, 4.69) is 21.0 Å². The summed E-state index contributed by atoms with van der Waals surface area (Å²) in [4.78, 5) is 25.4. The molecule has 0 saturated heterocycles. The lowest BCUT2D eigenvalue weighted by molar-refractivity contribution is 0.554. The zero-order valence-corrected chi connectivity index (χ0v) is 18.9. The molecule has 4 heterocycles. The highest BCUT2D eigenvalue weighted by Gasteiger charge is 2.18. The van der Waals surface area contributed by atoms with E-state index >= 15 is 0 Å². The van der Waals surface area contributed by atoms with Crippen LogP contribution in [0, 0.1) is 0 Å². The molecule has 5 aromatic rings. The summed E-state index contributed by atoms with van der Waals surface area (Å²) in [5.41, 5.74) is 11.7. The second-order valence-electron chi connectivity index (χ2n) is 8.76. The molecule has 0 aliphatic rings. The Morgan fingerprint density at radius 2 is 1.82 bits per heavy atom. The first kappa shape index (κ1) is 20.9. The molecular weight excluding hydrogens is 412 g/mol. The molecule has 0 bridgehead atoms. The molecule has 3 N–H and O–H groups in total. The number of fused-ring (bicyclic) bond motifs is 1. The van der Waals surface area contributed by atoms with Gasteiger partial charge in [-0.05, 0) is 68.3 Å². The number of hydrogen-bond donors (Lipinski definition) is 2. The van der Waals surface area contributed by atoms with Gasteiger partial charge in [-0.2, -0.15) is 0 Å². The first-order valence-corrected chi connectivity index (χ1v) is 11.0. The lowest BCUT2D eigenvalue weighted by atomic mass is 9.95. The molecule has 33 heavy (non-hydrogen) atoms. The van der Waals surface area contributed by atoms with E-state index in [9.17, 15) is 4.79 Å². The zero-order chi connectivity index (χ0) is 23.2. The molecule has 0 fully saturated rings. The van der Waals surface area contributed by atoms with E-state index in [1.165, 1.54) is 0 Å². The third kappa shape index (κ3) is 3.76. The Kier molecular flexibility index (Phi) is 4.98. The summed E-state index contributed by atoms with van der Waals surface area (Å²) in [7, 11) is 0. The normalized spacial score (nSPS) is 11.9. The number of benzene rings is 1.